The average Bonchev–Trinajstić information content (AvgIpc) is 3.34. The van der Waals surface area contributed by atoms with E-state index in [1.165, 1.54) is 12.8 Å². The molecular weight excluding hydrogens is 346 g/mol. The van der Waals surface area contributed by atoms with Crippen LogP contribution in [0.1, 0.15) is 46.0 Å². The molecule has 1 atom stereocenters. The molecule has 1 unspecified atom stereocenters. The molecule has 1 aliphatic heterocycles. The molecule has 0 radical (unpaired) electrons. The zero-order chi connectivity index (χ0) is 19.6. The van der Waals surface area contributed by atoms with Gasteiger partial charge in [0.05, 0.1) is 13.1 Å². The molecule has 2 fully saturated rings. The highest BCUT2D eigenvalue weighted by Gasteiger charge is 2.27. The Morgan fingerprint density at radius 1 is 1.11 bits per heavy atom. The van der Waals surface area contributed by atoms with Gasteiger partial charge in [-0.15, -0.1) is 0 Å². The molecule has 0 aromatic carbocycles. The van der Waals surface area contributed by atoms with E-state index in [0.717, 1.165) is 43.8 Å². The molecule has 1 heterocycles. The summed E-state index contributed by atoms with van der Waals surface area (Å²) >= 11 is 0. The van der Waals surface area contributed by atoms with Gasteiger partial charge in [0.1, 0.15) is 6.54 Å². The zero-order valence-corrected chi connectivity index (χ0v) is 16.8. The molecule has 0 aromatic heterocycles. The first-order chi connectivity index (χ1) is 13.0. The Morgan fingerprint density at radius 3 is 2.41 bits per heavy atom. The van der Waals surface area contributed by atoms with Crippen LogP contribution in [0.4, 0.5) is 0 Å². The molecule has 1 saturated carbocycles. The van der Waals surface area contributed by atoms with Gasteiger partial charge in [-0.05, 0) is 52.1 Å². The van der Waals surface area contributed by atoms with E-state index >= 15 is 0 Å². The minimum absolute atomic E-state index is 0.0210. The highest BCUT2D eigenvalue weighted by atomic mass is 16.2. The van der Waals surface area contributed by atoms with Crippen LogP contribution in [0.5, 0.6) is 0 Å². The van der Waals surface area contributed by atoms with Crippen molar-refractivity contribution >= 4 is 17.7 Å². The third kappa shape index (κ3) is 8.36. The van der Waals surface area contributed by atoms with Crippen molar-refractivity contribution in [3.63, 3.8) is 0 Å². The Balaban J connectivity index is 1.79. The third-order valence-corrected chi connectivity index (χ3v) is 5.12. The fourth-order valence-electron chi connectivity index (χ4n) is 3.03. The number of carbonyl (C=O) groups is 3. The maximum absolute atomic E-state index is 12.6. The standard InChI is InChI=1S/C19H35N5O3/c1-3-15(2)22-17(25)14-24(19(27)13-21-16-6-7-16)18(26)12-20-8-11-23-9-4-5-10-23/h15-16,20-21H,3-14H2,1-2H3,(H,22,25). The zero-order valence-electron chi connectivity index (χ0n) is 16.8. The van der Waals surface area contributed by atoms with Crippen molar-refractivity contribution in [1.29, 1.82) is 0 Å². The number of imide groups is 1. The summed E-state index contributed by atoms with van der Waals surface area (Å²) in [4.78, 5) is 40.7. The molecule has 0 aromatic rings. The van der Waals surface area contributed by atoms with Gasteiger partial charge in [0.25, 0.3) is 0 Å². The van der Waals surface area contributed by atoms with Crippen molar-refractivity contribution in [2.24, 2.45) is 0 Å². The molecular formula is C19H35N5O3. The van der Waals surface area contributed by atoms with Crippen LogP contribution in [0, 0.1) is 0 Å². The Bertz CT molecular complexity index is 504. The van der Waals surface area contributed by atoms with Crippen molar-refractivity contribution in [3.05, 3.63) is 0 Å². The quantitative estimate of drug-likeness (QED) is 0.402. The molecule has 1 saturated heterocycles. The van der Waals surface area contributed by atoms with Crippen molar-refractivity contribution < 1.29 is 14.4 Å². The Labute approximate surface area is 162 Å². The van der Waals surface area contributed by atoms with Crippen LogP contribution in [0.3, 0.4) is 0 Å². The minimum atomic E-state index is -0.349. The van der Waals surface area contributed by atoms with Crippen LogP contribution in [0.2, 0.25) is 0 Å². The van der Waals surface area contributed by atoms with E-state index in [4.69, 9.17) is 0 Å². The molecule has 3 N–H and O–H groups in total. The van der Waals surface area contributed by atoms with Crippen molar-refractivity contribution in [2.45, 2.75) is 58.0 Å². The SMILES string of the molecule is CCC(C)NC(=O)CN(C(=O)CNCCN1CCCC1)C(=O)CNC1CC1. The van der Waals surface area contributed by atoms with E-state index in [2.05, 4.69) is 20.9 Å². The smallest absolute Gasteiger partial charge is 0.243 e. The van der Waals surface area contributed by atoms with Gasteiger partial charge in [-0.1, -0.05) is 6.92 Å². The van der Waals surface area contributed by atoms with Gasteiger partial charge in [0.2, 0.25) is 17.7 Å². The van der Waals surface area contributed by atoms with Gasteiger partial charge in [-0.2, -0.15) is 0 Å². The number of hydrogen-bond donors (Lipinski definition) is 3. The van der Waals surface area contributed by atoms with E-state index in [-0.39, 0.29) is 43.4 Å². The molecule has 0 spiro atoms. The van der Waals surface area contributed by atoms with E-state index < -0.39 is 0 Å². The summed E-state index contributed by atoms with van der Waals surface area (Å²) in [5.41, 5.74) is 0. The number of carbonyl (C=O) groups excluding carboxylic acids is 3. The summed E-state index contributed by atoms with van der Waals surface area (Å²) in [5, 5.41) is 9.05. The molecule has 27 heavy (non-hydrogen) atoms. The molecule has 0 bridgehead atoms. The van der Waals surface area contributed by atoms with Gasteiger partial charge in [0, 0.05) is 25.2 Å². The average molecular weight is 382 g/mol. The van der Waals surface area contributed by atoms with Crippen molar-refractivity contribution in [1.82, 2.24) is 25.8 Å². The lowest BCUT2D eigenvalue weighted by molar-refractivity contribution is -0.147. The largest absolute Gasteiger partial charge is 0.352 e. The monoisotopic (exact) mass is 381 g/mol. The van der Waals surface area contributed by atoms with Crippen LogP contribution < -0.4 is 16.0 Å². The number of nitrogens with zero attached hydrogens (tertiary/aromatic N) is 2. The molecule has 1 aliphatic carbocycles. The summed E-state index contributed by atoms with van der Waals surface area (Å²) in [5.74, 6) is -0.986. The van der Waals surface area contributed by atoms with Crippen LogP contribution in [0.15, 0.2) is 0 Å². The topological polar surface area (TPSA) is 93.8 Å². The lowest BCUT2D eigenvalue weighted by Crippen LogP contribution is -2.51. The molecule has 8 nitrogen and oxygen atoms in total. The summed E-state index contributed by atoms with van der Waals surface area (Å²) in [7, 11) is 0. The first-order valence-electron chi connectivity index (χ1n) is 10.3. The first-order valence-corrected chi connectivity index (χ1v) is 10.3. The van der Waals surface area contributed by atoms with Gasteiger partial charge < -0.3 is 20.9 Å². The van der Waals surface area contributed by atoms with E-state index in [9.17, 15) is 14.4 Å². The lowest BCUT2D eigenvalue weighted by atomic mass is 10.2. The van der Waals surface area contributed by atoms with E-state index in [1.54, 1.807) is 0 Å². The second-order valence-electron chi connectivity index (χ2n) is 7.63. The summed E-state index contributed by atoms with van der Waals surface area (Å²) in [6.45, 7) is 7.66. The number of rotatable bonds is 12. The second-order valence-corrected chi connectivity index (χ2v) is 7.63. The maximum Gasteiger partial charge on any atom is 0.243 e. The molecule has 8 heteroatoms. The molecule has 154 valence electrons. The van der Waals surface area contributed by atoms with Gasteiger partial charge in [0.15, 0.2) is 0 Å². The predicted molar refractivity (Wildman–Crippen MR) is 104 cm³/mol. The minimum Gasteiger partial charge on any atom is -0.352 e. The Morgan fingerprint density at radius 2 is 1.78 bits per heavy atom. The van der Waals surface area contributed by atoms with Crippen LogP contribution in [0.25, 0.3) is 0 Å². The highest BCUT2D eigenvalue weighted by molar-refractivity contribution is 6.00. The summed E-state index contributed by atoms with van der Waals surface area (Å²) < 4.78 is 0. The van der Waals surface area contributed by atoms with Gasteiger partial charge in [-0.3, -0.25) is 19.3 Å². The fraction of sp³-hybridized carbons (Fsp3) is 0.842. The van der Waals surface area contributed by atoms with Crippen molar-refractivity contribution in [2.75, 3.05) is 45.8 Å². The number of hydrogen-bond acceptors (Lipinski definition) is 6. The van der Waals surface area contributed by atoms with Crippen LogP contribution in [-0.2, 0) is 14.4 Å². The number of nitrogens with one attached hydrogen (secondary N) is 3. The van der Waals surface area contributed by atoms with Crippen LogP contribution >= 0.6 is 0 Å². The first kappa shape index (κ1) is 21.8. The highest BCUT2D eigenvalue weighted by Crippen LogP contribution is 2.18. The Hall–Kier alpha value is -1.51. The molecule has 2 rings (SSSR count). The van der Waals surface area contributed by atoms with Crippen LogP contribution in [-0.4, -0.2) is 85.4 Å². The summed E-state index contributed by atoms with van der Waals surface area (Å²) in [6, 6.07) is 0.395. The van der Waals surface area contributed by atoms with Crippen molar-refractivity contribution in [3.8, 4) is 0 Å². The number of likely N-dealkylation sites (tertiary alicyclic amines) is 1. The normalized spacial score (nSPS) is 18.3. The third-order valence-electron chi connectivity index (χ3n) is 5.12. The second kappa shape index (κ2) is 11.4. The Kier molecular flexibility index (Phi) is 9.17. The fourth-order valence-corrected chi connectivity index (χ4v) is 3.03. The van der Waals surface area contributed by atoms with Gasteiger partial charge >= 0.3 is 0 Å². The molecule has 3 amide bonds. The number of amides is 3. The lowest BCUT2D eigenvalue weighted by Gasteiger charge is -2.22. The van der Waals surface area contributed by atoms with E-state index in [0.29, 0.717) is 12.6 Å². The molecule has 2 aliphatic rings. The summed E-state index contributed by atoms with van der Waals surface area (Å²) in [6.07, 6.45) is 5.40. The van der Waals surface area contributed by atoms with Gasteiger partial charge in [-0.25, -0.2) is 0 Å². The predicted octanol–water partition coefficient (Wildman–Crippen LogP) is -0.306. The maximum atomic E-state index is 12.6. The van der Waals surface area contributed by atoms with E-state index in [1.807, 2.05) is 13.8 Å².